The quantitative estimate of drug-likeness (QED) is 0.895. The van der Waals surface area contributed by atoms with Gasteiger partial charge in [0.15, 0.2) is 0 Å². The third kappa shape index (κ3) is 2.87. The van der Waals surface area contributed by atoms with Crippen molar-refractivity contribution >= 4 is 11.8 Å². The van der Waals surface area contributed by atoms with E-state index in [1.807, 2.05) is 6.07 Å². The Labute approximate surface area is 132 Å². The Morgan fingerprint density at radius 1 is 1.52 bits per heavy atom. The van der Waals surface area contributed by atoms with Gasteiger partial charge in [0.25, 0.3) is 11.8 Å². The standard InChI is InChI=1S/C15H16N4O4/c1-19-13(20)6-10(14(19)9-4-3-5-16-8-9)17-15(21)11-7-12(22-2)18-23-11/h3-5,7-8,10,14H,6H2,1-2H3,(H,17,21)/t10-,14+/m1/s1. The van der Waals surface area contributed by atoms with Crippen LogP contribution in [-0.2, 0) is 4.79 Å². The number of likely N-dealkylation sites (N-methyl/N-ethyl adjacent to an activating group) is 1. The molecule has 1 saturated heterocycles. The number of aromatic nitrogens is 2. The number of pyridine rings is 1. The number of carbonyl (C=O) groups excluding carboxylic acids is 2. The first-order valence-corrected chi connectivity index (χ1v) is 7.07. The highest BCUT2D eigenvalue weighted by atomic mass is 16.5. The lowest BCUT2D eigenvalue weighted by Gasteiger charge is -2.25. The molecular formula is C15H16N4O4. The average molecular weight is 316 g/mol. The summed E-state index contributed by atoms with van der Waals surface area (Å²) in [5.41, 5.74) is 0.862. The van der Waals surface area contributed by atoms with Crippen molar-refractivity contribution in [3.63, 3.8) is 0 Å². The van der Waals surface area contributed by atoms with E-state index in [1.165, 1.54) is 13.2 Å². The van der Waals surface area contributed by atoms with E-state index in [1.54, 1.807) is 30.4 Å². The molecule has 1 N–H and O–H groups in total. The van der Waals surface area contributed by atoms with E-state index in [2.05, 4.69) is 15.5 Å². The largest absolute Gasteiger partial charge is 0.479 e. The van der Waals surface area contributed by atoms with Crippen molar-refractivity contribution < 1.29 is 18.8 Å². The lowest BCUT2D eigenvalue weighted by atomic mass is 10.0. The SMILES string of the molecule is COc1cc(C(=O)N[C@@H]2CC(=O)N(C)[C@H]2c2cccnc2)on1. The van der Waals surface area contributed by atoms with E-state index in [4.69, 9.17) is 9.26 Å². The molecule has 2 atom stereocenters. The summed E-state index contributed by atoms with van der Waals surface area (Å²) in [6, 6.07) is 4.43. The predicted molar refractivity (Wildman–Crippen MR) is 78.7 cm³/mol. The maximum atomic E-state index is 12.3. The van der Waals surface area contributed by atoms with E-state index >= 15 is 0 Å². The normalized spacial score (nSPS) is 20.6. The predicted octanol–water partition coefficient (Wildman–Crippen LogP) is 0.780. The van der Waals surface area contributed by atoms with Crippen LogP contribution in [0.1, 0.15) is 28.6 Å². The zero-order valence-electron chi connectivity index (χ0n) is 12.7. The van der Waals surface area contributed by atoms with Gasteiger partial charge in [-0.25, -0.2) is 0 Å². The minimum atomic E-state index is -0.442. The molecule has 23 heavy (non-hydrogen) atoms. The summed E-state index contributed by atoms with van der Waals surface area (Å²) in [7, 11) is 3.15. The van der Waals surface area contributed by atoms with E-state index < -0.39 is 5.91 Å². The van der Waals surface area contributed by atoms with Gasteiger partial charge >= 0.3 is 0 Å². The Hall–Kier alpha value is -2.90. The van der Waals surface area contributed by atoms with E-state index in [-0.39, 0.29) is 36.1 Å². The van der Waals surface area contributed by atoms with Crippen molar-refractivity contribution in [2.24, 2.45) is 0 Å². The van der Waals surface area contributed by atoms with Gasteiger partial charge in [0.2, 0.25) is 11.7 Å². The maximum Gasteiger partial charge on any atom is 0.290 e. The summed E-state index contributed by atoms with van der Waals surface area (Å²) in [5.74, 6) is -0.227. The highest BCUT2D eigenvalue weighted by Crippen LogP contribution is 2.31. The molecular weight excluding hydrogens is 300 g/mol. The Morgan fingerprint density at radius 2 is 2.35 bits per heavy atom. The molecule has 0 radical (unpaired) electrons. The third-order valence-electron chi connectivity index (χ3n) is 3.85. The first-order chi connectivity index (χ1) is 11.1. The van der Waals surface area contributed by atoms with Gasteiger partial charge in [-0.05, 0) is 16.8 Å². The van der Waals surface area contributed by atoms with Crippen LogP contribution in [0.4, 0.5) is 0 Å². The Morgan fingerprint density at radius 3 is 3.00 bits per heavy atom. The molecule has 3 rings (SSSR count). The zero-order chi connectivity index (χ0) is 16.4. The van der Waals surface area contributed by atoms with Crippen molar-refractivity contribution in [2.45, 2.75) is 18.5 Å². The summed E-state index contributed by atoms with van der Waals surface area (Å²) in [5, 5.41) is 6.42. The number of likely N-dealkylation sites (tertiary alicyclic amines) is 1. The minimum Gasteiger partial charge on any atom is -0.479 e. The highest BCUT2D eigenvalue weighted by Gasteiger charge is 2.40. The van der Waals surface area contributed by atoms with Crippen LogP contribution in [0, 0.1) is 0 Å². The fraction of sp³-hybridized carbons (Fsp3) is 0.333. The van der Waals surface area contributed by atoms with Crippen LogP contribution in [0.2, 0.25) is 0 Å². The number of nitrogens with zero attached hydrogens (tertiary/aromatic N) is 3. The first kappa shape index (κ1) is 15.0. The summed E-state index contributed by atoms with van der Waals surface area (Å²) >= 11 is 0. The number of nitrogens with one attached hydrogen (secondary N) is 1. The van der Waals surface area contributed by atoms with Crippen molar-refractivity contribution in [1.29, 1.82) is 0 Å². The molecule has 2 amide bonds. The number of rotatable bonds is 4. The lowest BCUT2D eigenvalue weighted by Crippen LogP contribution is -2.38. The molecule has 3 heterocycles. The van der Waals surface area contributed by atoms with E-state index in [0.717, 1.165) is 5.56 Å². The monoisotopic (exact) mass is 316 g/mol. The van der Waals surface area contributed by atoms with Crippen LogP contribution >= 0.6 is 0 Å². The summed E-state index contributed by atoms with van der Waals surface area (Å²) in [6.45, 7) is 0. The molecule has 0 bridgehead atoms. The molecule has 8 heteroatoms. The van der Waals surface area contributed by atoms with Gasteiger partial charge < -0.3 is 19.5 Å². The highest BCUT2D eigenvalue weighted by molar-refractivity contribution is 5.92. The van der Waals surface area contributed by atoms with Crippen LogP contribution in [-0.4, -0.2) is 47.1 Å². The number of ether oxygens (including phenoxy) is 1. The summed E-state index contributed by atoms with van der Waals surface area (Å²) in [6.07, 6.45) is 3.57. The fourth-order valence-corrected chi connectivity index (χ4v) is 2.71. The smallest absolute Gasteiger partial charge is 0.290 e. The molecule has 0 unspecified atom stereocenters. The van der Waals surface area contributed by atoms with Crippen LogP contribution < -0.4 is 10.1 Å². The molecule has 0 aliphatic carbocycles. The number of hydrogen-bond donors (Lipinski definition) is 1. The minimum absolute atomic E-state index is 0.0359. The van der Waals surface area contributed by atoms with Gasteiger partial charge in [-0.1, -0.05) is 6.07 Å². The zero-order valence-corrected chi connectivity index (χ0v) is 12.7. The second kappa shape index (κ2) is 6.07. The van der Waals surface area contributed by atoms with Crippen LogP contribution in [0.3, 0.4) is 0 Å². The second-order valence-corrected chi connectivity index (χ2v) is 5.25. The van der Waals surface area contributed by atoms with Gasteiger partial charge in [-0.3, -0.25) is 14.6 Å². The topological polar surface area (TPSA) is 97.6 Å². The van der Waals surface area contributed by atoms with Crippen LogP contribution in [0.25, 0.3) is 0 Å². The number of carbonyl (C=O) groups is 2. The second-order valence-electron chi connectivity index (χ2n) is 5.25. The third-order valence-corrected chi connectivity index (χ3v) is 3.85. The number of amides is 2. The molecule has 1 aliphatic heterocycles. The van der Waals surface area contributed by atoms with Crippen molar-refractivity contribution in [2.75, 3.05) is 14.2 Å². The van der Waals surface area contributed by atoms with Crippen molar-refractivity contribution in [1.82, 2.24) is 20.4 Å². The molecule has 2 aromatic heterocycles. The van der Waals surface area contributed by atoms with Gasteiger partial charge in [0.1, 0.15) is 0 Å². The van der Waals surface area contributed by atoms with Crippen LogP contribution in [0.15, 0.2) is 35.1 Å². The van der Waals surface area contributed by atoms with Crippen molar-refractivity contribution in [3.8, 4) is 5.88 Å². The Bertz CT molecular complexity index is 715. The number of hydrogen-bond acceptors (Lipinski definition) is 6. The molecule has 0 saturated carbocycles. The Balaban J connectivity index is 1.80. The summed E-state index contributed by atoms with van der Waals surface area (Å²) in [4.78, 5) is 30.0. The van der Waals surface area contributed by atoms with Gasteiger partial charge in [-0.15, -0.1) is 0 Å². The molecule has 1 fully saturated rings. The average Bonchev–Trinajstić information content (AvgIpc) is 3.14. The molecule has 8 nitrogen and oxygen atoms in total. The van der Waals surface area contributed by atoms with Crippen LogP contribution in [0.5, 0.6) is 5.88 Å². The van der Waals surface area contributed by atoms with Crippen molar-refractivity contribution in [3.05, 3.63) is 41.9 Å². The molecule has 0 spiro atoms. The van der Waals surface area contributed by atoms with E-state index in [0.29, 0.717) is 0 Å². The Kier molecular flexibility index (Phi) is 3.96. The molecule has 2 aromatic rings. The van der Waals surface area contributed by atoms with Gasteiger partial charge in [-0.2, -0.15) is 0 Å². The molecule has 0 aromatic carbocycles. The fourth-order valence-electron chi connectivity index (χ4n) is 2.71. The van der Waals surface area contributed by atoms with Gasteiger partial charge in [0, 0.05) is 25.9 Å². The van der Waals surface area contributed by atoms with E-state index in [9.17, 15) is 9.59 Å². The lowest BCUT2D eigenvalue weighted by molar-refractivity contribution is -0.127. The summed E-state index contributed by atoms with van der Waals surface area (Å²) < 4.78 is 9.81. The van der Waals surface area contributed by atoms with Gasteiger partial charge in [0.05, 0.1) is 25.3 Å². The first-order valence-electron chi connectivity index (χ1n) is 7.07. The molecule has 120 valence electrons. The molecule has 1 aliphatic rings. The number of methoxy groups -OCH3 is 1. The maximum absolute atomic E-state index is 12.3.